The van der Waals surface area contributed by atoms with E-state index in [0.717, 1.165) is 18.4 Å². The fraction of sp³-hybridized carbons (Fsp3) is 0.200. The van der Waals surface area contributed by atoms with Crippen LogP contribution in [0.3, 0.4) is 0 Å². The first-order valence-electron chi connectivity index (χ1n) is 6.84. The molecule has 2 aromatic rings. The summed E-state index contributed by atoms with van der Waals surface area (Å²) in [6, 6.07) is 7.31. The third kappa shape index (κ3) is 2.48. The highest BCUT2D eigenvalue weighted by Gasteiger charge is 2.25. The number of rotatable bonds is 2. The number of aromatic amines is 1. The predicted octanol–water partition coefficient (Wildman–Crippen LogP) is 1.88. The maximum Gasteiger partial charge on any atom is 0.271 e. The van der Waals surface area contributed by atoms with E-state index in [1.54, 1.807) is 6.07 Å². The van der Waals surface area contributed by atoms with Crippen LogP contribution in [0.4, 0.5) is 11.4 Å². The summed E-state index contributed by atoms with van der Waals surface area (Å²) in [5.41, 5.74) is 1.50. The van der Waals surface area contributed by atoms with E-state index in [9.17, 15) is 19.7 Å². The largest absolute Gasteiger partial charge is 0.328 e. The number of nitrogens with one attached hydrogen (secondary N) is 1. The molecule has 0 fully saturated rings. The molecule has 0 saturated heterocycles. The first kappa shape index (κ1) is 14.0. The first-order valence-corrected chi connectivity index (χ1v) is 6.84. The fourth-order valence-corrected chi connectivity index (χ4v) is 2.59. The lowest BCUT2D eigenvalue weighted by atomic mass is 10.0. The van der Waals surface area contributed by atoms with Gasteiger partial charge in [0.15, 0.2) is 0 Å². The number of fused-ring (bicyclic) bond motifs is 1. The molecule has 3 rings (SSSR count). The van der Waals surface area contributed by atoms with Gasteiger partial charge >= 0.3 is 0 Å². The maximum absolute atomic E-state index is 12.6. The molecule has 2 heterocycles. The van der Waals surface area contributed by atoms with Gasteiger partial charge in [-0.1, -0.05) is 6.07 Å². The van der Waals surface area contributed by atoms with E-state index in [2.05, 4.69) is 4.98 Å². The zero-order valence-electron chi connectivity index (χ0n) is 11.6. The van der Waals surface area contributed by atoms with Crippen molar-refractivity contribution in [1.29, 1.82) is 0 Å². The number of benzene rings is 1. The van der Waals surface area contributed by atoms with Gasteiger partial charge < -0.3 is 9.88 Å². The lowest BCUT2D eigenvalue weighted by Crippen LogP contribution is -2.35. The molecule has 1 aromatic heterocycles. The molecule has 0 bridgehead atoms. The van der Waals surface area contributed by atoms with Crippen molar-refractivity contribution in [1.82, 2.24) is 4.98 Å². The summed E-state index contributed by atoms with van der Waals surface area (Å²) < 4.78 is 0. The number of amides is 1. The average Bonchev–Trinajstić information content (AvgIpc) is 2.53. The number of carbonyl (C=O) groups is 1. The van der Waals surface area contributed by atoms with Crippen molar-refractivity contribution in [3.05, 3.63) is 68.1 Å². The van der Waals surface area contributed by atoms with Gasteiger partial charge in [-0.3, -0.25) is 19.7 Å². The first-order chi connectivity index (χ1) is 10.6. The van der Waals surface area contributed by atoms with Gasteiger partial charge in [0, 0.05) is 30.9 Å². The second-order valence-electron chi connectivity index (χ2n) is 5.07. The number of nitro groups is 1. The molecule has 22 heavy (non-hydrogen) atoms. The van der Waals surface area contributed by atoms with Crippen molar-refractivity contribution in [2.45, 2.75) is 12.8 Å². The number of nitrogens with zero attached hydrogens (tertiary/aromatic N) is 2. The second-order valence-corrected chi connectivity index (χ2v) is 5.07. The fourth-order valence-electron chi connectivity index (χ4n) is 2.59. The number of pyridine rings is 1. The Kier molecular flexibility index (Phi) is 3.46. The predicted molar refractivity (Wildman–Crippen MR) is 80.2 cm³/mol. The molecule has 1 N–H and O–H groups in total. The lowest BCUT2D eigenvalue weighted by Gasteiger charge is -2.29. The molecule has 0 radical (unpaired) electrons. The van der Waals surface area contributed by atoms with Crippen LogP contribution >= 0.6 is 0 Å². The number of hydrogen-bond donors (Lipinski definition) is 1. The standard InChI is InChI=1S/C15H13N3O4/c19-14-6-4-11(9-16-14)15(20)17-7-1-2-10-3-5-12(18(21)22)8-13(10)17/h3-6,8-9H,1-2,7H2,(H,16,19). The third-order valence-corrected chi connectivity index (χ3v) is 3.67. The van der Waals surface area contributed by atoms with Gasteiger partial charge in [0.25, 0.3) is 11.6 Å². The van der Waals surface area contributed by atoms with Crippen LogP contribution in [0.2, 0.25) is 0 Å². The summed E-state index contributed by atoms with van der Waals surface area (Å²) in [6.45, 7) is 0.492. The van der Waals surface area contributed by atoms with Gasteiger partial charge in [0.05, 0.1) is 16.2 Å². The number of nitro benzene ring substituents is 1. The van der Waals surface area contributed by atoms with Gasteiger partial charge in [-0.25, -0.2) is 0 Å². The van der Waals surface area contributed by atoms with Crippen LogP contribution < -0.4 is 10.5 Å². The SMILES string of the molecule is O=C(c1ccc(=O)[nH]c1)N1CCCc2ccc([N+](=O)[O-])cc21. The molecular formula is C15H13N3O4. The van der Waals surface area contributed by atoms with E-state index in [0.29, 0.717) is 17.8 Å². The Balaban J connectivity index is 2.01. The highest BCUT2D eigenvalue weighted by molar-refractivity contribution is 6.06. The van der Waals surface area contributed by atoms with E-state index >= 15 is 0 Å². The van der Waals surface area contributed by atoms with Crippen molar-refractivity contribution in [2.75, 3.05) is 11.4 Å². The van der Waals surface area contributed by atoms with Gasteiger partial charge in [0.2, 0.25) is 5.56 Å². The maximum atomic E-state index is 12.6. The Morgan fingerprint density at radius 2 is 2.09 bits per heavy atom. The minimum Gasteiger partial charge on any atom is -0.328 e. The molecule has 112 valence electrons. The molecule has 1 aliphatic heterocycles. The van der Waals surface area contributed by atoms with Crippen LogP contribution in [0.5, 0.6) is 0 Å². The minimum atomic E-state index is -0.475. The number of carbonyl (C=O) groups excluding carboxylic acids is 1. The Morgan fingerprint density at radius 3 is 2.77 bits per heavy atom. The molecule has 0 spiro atoms. The van der Waals surface area contributed by atoms with Crippen molar-refractivity contribution in [3.63, 3.8) is 0 Å². The third-order valence-electron chi connectivity index (χ3n) is 3.67. The molecule has 0 atom stereocenters. The summed E-state index contributed by atoms with van der Waals surface area (Å²) in [5, 5.41) is 10.9. The van der Waals surface area contributed by atoms with Crippen LogP contribution in [-0.4, -0.2) is 22.4 Å². The van der Waals surface area contributed by atoms with Gasteiger partial charge in [-0.2, -0.15) is 0 Å². The molecule has 0 unspecified atom stereocenters. The monoisotopic (exact) mass is 299 g/mol. The lowest BCUT2D eigenvalue weighted by molar-refractivity contribution is -0.384. The van der Waals surface area contributed by atoms with Gasteiger partial charge in [-0.05, 0) is 24.5 Å². The molecule has 1 aromatic carbocycles. The molecule has 7 heteroatoms. The Morgan fingerprint density at radius 1 is 1.27 bits per heavy atom. The Bertz CT molecular complexity index is 792. The van der Waals surface area contributed by atoms with Crippen molar-refractivity contribution in [3.8, 4) is 0 Å². The van der Waals surface area contributed by atoms with E-state index in [1.165, 1.54) is 35.4 Å². The normalized spacial score (nSPS) is 13.5. The summed E-state index contributed by atoms with van der Waals surface area (Å²) in [7, 11) is 0. The highest BCUT2D eigenvalue weighted by atomic mass is 16.6. The number of aromatic nitrogens is 1. The summed E-state index contributed by atoms with van der Waals surface area (Å²) >= 11 is 0. The number of aryl methyl sites for hydroxylation is 1. The molecule has 7 nitrogen and oxygen atoms in total. The quantitative estimate of drug-likeness (QED) is 0.676. The topological polar surface area (TPSA) is 96.3 Å². The molecule has 1 aliphatic rings. The Labute approximate surface area is 125 Å². The van der Waals surface area contributed by atoms with Crippen LogP contribution in [0.15, 0.2) is 41.3 Å². The van der Waals surface area contributed by atoms with E-state index in [4.69, 9.17) is 0 Å². The molecule has 1 amide bonds. The Hall–Kier alpha value is -2.96. The summed E-state index contributed by atoms with van der Waals surface area (Å²) in [5.74, 6) is -0.280. The van der Waals surface area contributed by atoms with E-state index in [-0.39, 0.29) is 17.2 Å². The second kappa shape index (κ2) is 5.44. The van der Waals surface area contributed by atoms with E-state index < -0.39 is 4.92 Å². The number of hydrogen-bond acceptors (Lipinski definition) is 4. The zero-order chi connectivity index (χ0) is 15.7. The highest BCUT2D eigenvalue weighted by Crippen LogP contribution is 2.31. The average molecular weight is 299 g/mol. The van der Waals surface area contributed by atoms with E-state index in [1.807, 2.05) is 0 Å². The van der Waals surface area contributed by atoms with Crippen molar-refractivity contribution < 1.29 is 9.72 Å². The molecule has 0 aliphatic carbocycles. The molecular weight excluding hydrogens is 286 g/mol. The van der Waals surface area contributed by atoms with Crippen LogP contribution in [0.1, 0.15) is 22.3 Å². The summed E-state index contributed by atoms with van der Waals surface area (Å²) in [4.78, 5) is 38.1. The zero-order valence-corrected chi connectivity index (χ0v) is 11.6. The van der Waals surface area contributed by atoms with Crippen molar-refractivity contribution >= 4 is 17.3 Å². The number of non-ortho nitro benzene ring substituents is 1. The van der Waals surface area contributed by atoms with Gasteiger partial charge in [0.1, 0.15) is 0 Å². The number of H-pyrrole nitrogens is 1. The van der Waals surface area contributed by atoms with Crippen LogP contribution in [0.25, 0.3) is 0 Å². The van der Waals surface area contributed by atoms with Crippen LogP contribution in [0, 0.1) is 10.1 Å². The van der Waals surface area contributed by atoms with Crippen LogP contribution in [-0.2, 0) is 6.42 Å². The smallest absolute Gasteiger partial charge is 0.271 e. The number of anilines is 1. The van der Waals surface area contributed by atoms with Crippen molar-refractivity contribution in [2.24, 2.45) is 0 Å². The molecule has 0 saturated carbocycles. The minimum absolute atomic E-state index is 0.0417. The summed E-state index contributed by atoms with van der Waals surface area (Å²) in [6.07, 6.45) is 2.93. The van der Waals surface area contributed by atoms with Gasteiger partial charge in [-0.15, -0.1) is 0 Å².